The highest BCUT2D eigenvalue weighted by Gasteiger charge is 2.09. The Morgan fingerprint density at radius 2 is 1.63 bits per heavy atom. The first-order valence-corrected chi connectivity index (χ1v) is 6.36. The number of hydrogen-bond donors (Lipinski definition) is 1. The quantitative estimate of drug-likeness (QED) is 0.822. The predicted molar refractivity (Wildman–Crippen MR) is 74.9 cm³/mol. The lowest BCUT2D eigenvalue weighted by molar-refractivity contribution is 0.625. The minimum atomic E-state index is -0.498. The van der Waals surface area contributed by atoms with Gasteiger partial charge in [0.1, 0.15) is 11.6 Å². The minimum absolute atomic E-state index is 0.194. The van der Waals surface area contributed by atoms with Gasteiger partial charge in [-0.15, -0.1) is 0 Å². The first-order valence-electron chi connectivity index (χ1n) is 5.61. The lowest BCUT2D eigenvalue weighted by Gasteiger charge is -2.12. The Morgan fingerprint density at radius 1 is 1.00 bits per heavy atom. The monoisotopic (exact) mass is 301 g/mol. The lowest BCUT2D eigenvalue weighted by Crippen LogP contribution is -2.03. The summed E-state index contributed by atoms with van der Waals surface area (Å²) in [6.07, 6.45) is 0. The Balaban J connectivity index is 2.21. The van der Waals surface area contributed by atoms with Gasteiger partial charge in [-0.1, -0.05) is 29.3 Å². The molecule has 1 N–H and O–H groups in total. The van der Waals surface area contributed by atoms with Crippen molar-refractivity contribution in [3.63, 3.8) is 0 Å². The second kappa shape index (κ2) is 5.76. The molecule has 0 aliphatic carbocycles. The summed E-state index contributed by atoms with van der Waals surface area (Å²) in [6.45, 7) is 2.24. The van der Waals surface area contributed by atoms with Crippen LogP contribution in [0.3, 0.4) is 0 Å². The Labute approximate surface area is 120 Å². The molecule has 1 nitrogen and oxygen atoms in total. The average molecular weight is 302 g/mol. The molecule has 0 saturated heterocycles. The first-order chi connectivity index (χ1) is 8.97. The first kappa shape index (κ1) is 14.1. The van der Waals surface area contributed by atoms with E-state index in [4.69, 9.17) is 23.2 Å². The van der Waals surface area contributed by atoms with Crippen molar-refractivity contribution in [2.75, 3.05) is 5.32 Å². The summed E-state index contributed by atoms with van der Waals surface area (Å²) in [7, 11) is 0. The molecular formula is C14H11Cl2F2N. The van der Waals surface area contributed by atoms with Gasteiger partial charge < -0.3 is 5.32 Å². The number of anilines is 1. The highest BCUT2D eigenvalue weighted by atomic mass is 35.5. The fourth-order valence-electron chi connectivity index (χ4n) is 1.73. The van der Waals surface area contributed by atoms with Crippen LogP contribution >= 0.6 is 23.2 Å². The average Bonchev–Trinajstić information content (AvgIpc) is 2.32. The summed E-state index contributed by atoms with van der Waals surface area (Å²) in [5.41, 5.74) is 2.17. The van der Waals surface area contributed by atoms with E-state index in [1.165, 1.54) is 24.3 Å². The molecule has 0 heterocycles. The third-order valence-electron chi connectivity index (χ3n) is 2.77. The highest BCUT2D eigenvalue weighted by molar-refractivity contribution is 6.39. The van der Waals surface area contributed by atoms with Gasteiger partial charge in [-0.2, -0.15) is 0 Å². The Kier molecular flexibility index (Phi) is 4.27. The molecule has 2 aromatic carbocycles. The zero-order chi connectivity index (χ0) is 14.0. The zero-order valence-electron chi connectivity index (χ0n) is 10.1. The van der Waals surface area contributed by atoms with Crippen LogP contribution in [0.5, 0.6) is 0 Å². The molecule has 0 aliphatic heterocycles. The number of rotatable bonds is 3. The molecule has 0 spiro atoms. The highest BCUT2D eigenvalue weighted by Crippen LogP contribution is 2.31. The second-order valence-electron chi connectivity index (χ2n) is 4.17. The van der Waals surface area contributed by atoms with Crippen molar-refractivity contribution >= 4 is 28.9 Å². The number of nitrogens with one attached hydrogen (secondary N) is 1. The van der Waals surface area contributed by atoms with E-state index in [1.807, 2.05) is 6.92 Å². The Hall–Kier alpha value is -1.32. The fourth-order valence-corrected chi connectivity index (χ4v) is 2.32. The normalized spacial score (nSPS) is 10.6. The molecule has 0 atom stereocenters. The van der Waals surface area contributed by atoms with Crippen LogP contribution in [-0.2, 0) is 6.54 Å². The molecule has 5 heteroatoms. The molecule has 0 bridgehead atoms. The molecule has 100 valence electrons. The lowest BCUT2D eigenvalue weighted by atomic mass is 10.1. The number of benzene rings is 2. The molecule has 0 aliphatic rings. The van der Waals surface area contributed by atoms with Crippen LogP contribution in [0, 0.1) is 18.6 Å². The van der Waals surface area contributed by atoms with E-state index in [0.717, 1.165) is 11.1 Å². The third kappa shape index (κ3) is 3.37. The van der Waals surface area contributed by atoms with Gasteiger partial charge in [0.2, 0.25) is 0 Å². The molecule has 0 unspecified atom stereocenters. The van der Waals surface area contributed by atoms with Gasteiger partial charge in [0.15, 0.2) is 0 Å². The Bertz CT molecular complexity index is 591. The van der Waals surface area contributed by atoms with Gasteiger partial charge in [-0.3, -0.25) is 0 Å². The van der Waals surface area contributed by atoms with Crippen molar-refractivity contribution in [3.05, 3.63) is 63.1 Å². The molecule has 2 rings (SSSR count). The van der Waals surface area contributed by atoms with Crippen LogP contribution in [-0.4, -0.2) is 0 Å². The maximum absolute atomic E-state index is 13.2. The SMILES string of the molecule is Cc1ccc(F)cc1CNc1c(Cl)cc(F)cc1Cl. The van der Waals surface area contributed by atoms with Gasteiger partial charge in [-0.05, 0) is 42.3 Å². The minimum Gasteiger partial charge on any atom is -0.379 e. The van der Waals surface area contributed by atoms with Crippen molar-refractivity contribution in [1.82, 2.24) is 0 Å². The molecule has 0 fully saturated rings. The smallest absolute Gasteiger partial charge is 0.126 e. The van der Waals surface area contributed by atoms with E-state index in [1.54, 1.807) is 6.07 Å². The topological polar surface area (TPSA) is 12.0 Å². The van der Waals surface area contributed by atoms with Gasteiger partial charge >= 0.3 is 0 Å². The van der Waals surface area contributed by atoms with E-state index in [0.29, 0.717) is 12.2 Å². The zero-order valence-corrected chi connectivity index (χ0v) is 11.6. The van der Waals surface area contributed by atoms with Crippen molar-refractivity contribution in [2.45, 2.75) is 13.5 Å². The number of halogens is 4. The summed E-state index contributed by atoms with van der Waals surface area (Å²) in [6, 6.07) is 6.88. The van der Waals surface area contributed by atoms with Crippen LogP contribution < -0.4 is 5.32 Å². The van der Waals surface area contributed by atoms with Gasteiger partial charge in [0.05, 0.1) is 15.7 Å². The summed E-state index contributed by atoms with van der Waals surface area (Å²) >= 11 is 11.8. The maximum Gasteiger partial charge on any atom is 0.126 e. The van der Waals surface area contributed by atoms with Crippen LogP contribution in [0.4, 0.5) is 14.5 Å². The van der Waals surface area contributed by atoms with E-state index in [9.17, 15) is 8.78 Å². The largest absolute Gasteiger partial charge is 0.379 e. The molecule has 0 aromatic heterocycles. The van der Waals surface area contributed by atoms with E-state index >= 15 is 0 Å². The van der Waals surface area contributed by atoms with Crippen molar-refractivity contribution in [1.29, 1.82) is 0 Å². The number of aryl methyl sites for hydroxylation is 1. The van der Waals surface area contributed by atoms with Crippen molar-refractivity contribution in [2.24, 2.45) is 0 Å². The van der Waals surface area contributed by atoms with Crippen LogP contribution in [0.15, 0.2) is 30.3 Å². The van der Waals surface area contributed by atoms with Crippen molar-refractivity contribution < 1.29 is 8.78 Å². The van der Waals surface area contributed by atoms with E-state index < -0.39 is 5.82 Å². The van der Waals surface area contributed by atoms with E-state index in [2.05, 4.69) is 5.32 Å². The summed E-state index contributed by atoms with van der Waals surface area (Å²) < 4.78 is 26.2. The molecule has 0 amide bonds. The van der Waals surface area contributed by atoms with Crippen LogP contribution in [0.25, 0.3) is 0 Å². The van der Waals surface area contributed by atoms with Gasteiger partial charge in [-0.25, -0.2) is 8.78 Å². The standard InChI is InChI=1S/C14H11Cl2F2N/c1-8-2-3-10(17)4-9(8)7-19-14-12(15)5-11(18)6-13(14)16/h2-6,19H,7H2,1H3. The molecule has 0 radical (unpaired) electrons. The summed E-state index contributed by atoms with van der Waals surface area (Å²) in [5.74, 6) is -0.804. The van der Waals surface area contributed by atoms with Crippen LogP contribution in [0.2, 0.25) is 10.0 Å². The summed E-state index contributed by atoms with van der Waals surface area (Å²) in [5, 5.41) is 3.38. The molecular weight excluding hydrogens is 291 g/mol. The van der Waals surface area contributed by atoms with E-state index in [-0.39, 0.29) is 15.9 Å². The second-order valence-corrected chi connectivity index (χ2v) is 4.98. The van der Waals surface area contributed by atoms with Crippen molar-refractivity contribution in [3.8, 4) is 0 Å². The van der Waals surface area contributed by atoms with Gasteiger partial charge in [0, 0.05) is 6.54 Å². The third-order valence-corrected chi connectivity index (χ3v) is 3.37. The molecule has 2 aromatic rings. The number of hydrogen-bond acceptors (Lipinski definition) is 1. The molecule has 0 saturated carbocycles. The predicted octanol–water partition coefficient (Wildman–Crippen LogP) is 5.19. The molecule has 19 heavy (non-hydrogen) atoms. The van der Waals surface area contributed by atoms with Gasteiger partial charge in [0.25, 0.3) is 0 Å². The van der Waals surface area contributed by atoms with Crippen LogP contribution in [0.1, 0.15) is 11.1 Å². The maximum atomic E-state index is 13.2. The summed E-state index contributed by atoms with van der Waals surface area (Å²) in [4.78, 5) is 0. The Morgan fingerprint density at radius 3 is 2.26 bits per heavy atom. The fraction of sp³-hybridized carbons (Fsp3) is 0.143.